The molecule has 1 atom stereocenters. The van der Waals surface area contributed by atoms with E-state index < -0.39 is 11.5 Å². The number of rotatable bonds is 7. The van der Waals surface area contributed by atoms with Crippen LogP contribution < -0.4 is 11.1 Å². The van der Waals surface area contributed by atoms with Crippen LogP contribution in [0.1, 0.15) is 80.9 Å². The summed E-state index contributed by atoms with van der Waals surface area (Å²) in [6.07, 6.45) is 6.37. The molecule has 0 radical (unpaired) electrons. The number of amidine groups is 1. The maximum atomic E-state index is 13.8. The van der Waals surface area contributed by atoms with Gasteiger partial charge < -0.3 is 25.3 Å². The van der Waals surface area contributed by atoms with E-state index in [1.165, 1.54) is 0 Å². The standard InChI is InChI=1S/C33H42N6O3/c1-22(2)21-42-32(41)37-29(34)24-9-7-23(8-10-24)19-27-30-36-26-20-25(11-12-28(26)39(30)18-15-35-27)33(13-3-4-14-33)31(40)38-16-5-6-17-38/h7-12,20,22,27,35H,3-6,13-19,21H2,1-2H3,(H2,34,37,41). The van der Waals surface area contributed by atoms with Crippen molar-refractivity contribution in [1.29, 1.82) is 0 Å². The largest absolute Gasteiger partial charge is 0.448 e. The summed E-state index contributed by atoms with van der Waals surface area (Å²) in [5.74, 6) is 1.73. The lowest BCUT2D eigenvalue weighted by Crippen LogP contribution is -2.44. The molecule has 3 aliphatic rings. The van der Waals surface area contributed by atoms with Crippen molar-refractivity contribution in [2.24, 2.45) is 16.6 Å². The van der Waals surface area contributed by atoms with Gasteiger partial charge in [-0.1, -0.05) is 57.0 Å². The fraction of sp³-hybridized carbons (Fsp3) is 0.515. The topological polar surface area (TPSA) is 115 Å². The van der Waals surface area contributed by atoms with Gasteiger partial charge >= 0.3 is 6.09 Å². The van der Waals surface area contributed by atoms with Crippen LogP contribution in [0.3, 0.4) is 0 Å². The summed E-state index contributed by atoms with van der Waals surface area (Å²) >= 11 is 0. The Bertz CT molecular complexity index is 1480. The molecule has 3 heterocycles. The summed E-state index contributed by atoms with van der Waals surface area (Å²) in [5.41, 5.74) is 10.7. The van der Waals surface area contributed by atoms with E-state index in [-0.39, 0.29) is 17.8 Å². The highest BCUT2D eigenvalue weighted by Crippen LogP contribution is 2.44. The molecule has 2 aliphatic heterocycles. The molecule has 1 saturated carbocycles. The second-order valence-corrected chi connectivity index (χ2v) is 12.5. The van der Waals surface area contributed by atoms with Gasteiger partial charge in [-0.15, -0.1) is 0 Å². The molecule has 1 unspecified atom stereocenters. The van der Waals surface area contributed by atoms with E-state index >= 15 is 0 Å². The molecule has 222 valence electrons. The lowest BCUT2D eigenvalue weighted by molar-refractivity contribution is -0.136. The Labute approximate surface area is 247 Å². The molecule has 1 aromatic heterocycles. The molecule has 2 aromatic carbocycles. The van der Waals surface area contributed by atoms with Crippen molar-refractivity contribution >= 4 is 28.9 Å². The molecule has 1 saturated heterocycles. The molecule has 1 aliphatic carbocycles. The van der Waals surface area contributed by atoms with Crippen LogP contribution >= 0.6 is 0 Å². The van der Waals surface area contributed by atoms with Gasteiger partial charge in [0.05, 0.1) is 29.1 Å². The van der Waals surface area contributed by atoms with Crippen LogP contribution in [-0.4, -0.2) is 58.5 Å². The summed E-state index contributed by atoms with van der Waals surface area (Å²) in [6.45, 7) is 7.75. The fourth-order valence-corrected chi connectivity index (χ4v) is 6.86. The second kappa shape index (κ2) is 11.9. The summed E-state index contributed by atoms with van der Waals surface area (Å²) in [4.78, 5) is 36.8. The number of fused-ring (bicyclic) bond motifs is 3. The number of nitrogens with two attached hydrogens (primary N) is 1. The smallest absolute Gasteiger partial charge is 0.435 e. The quantitative estimate of drug-likeness (QED) is 0.310. The number of aromatic nitrogens is 2. The van der Waals surface area contributed by atoms with Crippen molar-refractivity contribution in [2.45, 2.75) is 76.8 Å². The number of amides is 2. The Morgan fingerprint density at radius 3 is 2.52 bits per heavy atom. The number of carbonyl (C=O) groups is 2. The average Bonchev–Trinajstić information content (AvgIpc) is 3.77. The first-order valence-corrected chi connectivity index (χ1v) is 15.5. The van der Waals surface area contributed by atoms with Gasteiger partial charge in [-0.25, -0.2) is 9.78 Å². The van der Waals surface area contributed by atoms with E-state index in [0.29, 0.717) is 18.1 Å². The average molecular weight is 571 g/mol. The van der Waals surface area contributed by atoms with Crippen molar-refractivity contribution in [3.05, 3.63) is 65.0 Å². The maximum absolute atomic E-state index is 13.8. The van der Waals surface area contributed by atoms with Gasteiger partial charge in [-0.05, 0) is 61.3 Å². The van der Waals surface area contributed by atoms with E-state index in [2.05, 4.69) is 38.0 Å². The highest BCUT2D eigenvalue weighted by Gasteiger charge is 2.45. The Morgan fingerprint density at radius 2 is 1.81 bits per heavy atom. The highest BCUT2D eigenvalue weighted by atomic mass is 16.5. The summed E-state index contributed by atoms with van der Waals surface area (Å²) in [7, 11) is 0. The van der Waals surface area contributed by atoms with Crippen LogP contribution in [0.15, 0.2) is 47.5 Å². The lowest BCUT2D eigenvalue weighted by atomic mass is 9.77. The first kappa shape index (κ1) is 28.4. The minimum atomic E-state index is -0.669. The minimum Gasteiger partial charge on any atom is -0.448 e. The third-order valence-corrected chi connectivity index (χ3v) is 9.07. The van der Waals surface area contributed by atoms with E-state index in [0.717, 1.165) is 99.1 Å². The van der Waals surface area contributed by atoms with Gasteiger partial charge in [0, 0.05) is 31.7 Å². The number of nitrogens with zero attached hydrogens (tertiary/aromatic N) is 4. The number of ether oxygens (including phenoxy) is 1. The van der Waals surface area contributed by atoms with Gasteiger partial charge in [0.15, 0.2) is 0 Å². The van der Waals surface area contributed by atoms with Gasteiger partial charge in [0.25, 0.3) is 0 Å². The first-order chi connectivity index (χ1) is 20.3. The van der Waals surface area contributed by atoms with Gasteiger partial charge in [0.1, 0.15) is 11.7 Å². The van der Waals surface area contributed by atoms with Crippen LogP contribution in [-0.2, 0) is 27.9 Å². The van der Waals surface area contributed by atoms with Crippen LogP contribution in [0.2, 0.25) is 0 Å². The first-order valence-electron chi connectivity index (χ1n) is 15.5. The van der Waals surface area contributed by atoms with Crippen LogP contribution in [0.5, 0.6) is 0 Å². The van der Waals surface area contributed by atoms with Crippen LogP contribution in [0.25, 0.3) is 11.0 Å². The molecule has 3 aromatic rings. The van der Waals surface area contributed by atoms with Crippen LogP contribution in [0, 0.1) is 5.92 Å². The molecule has 2 amide bonds. The lowest BCUT2D eigenvalue weighted by Gasteiger charge is -2.33. The van der Waals surface area contributed by atoms with Crippen molar-refractivity contribution < 1.29 is 14.3 Å². The number of aliphatic imine (C=N–C) groups is 1. The Balaban J connectivity index is 1.21. The number of imidazole rings is 1. The van der Waals surface area contributed by atoms with Gasteiger partial charge in [0.2, 0.25) is 5.91 Å². The summed E-state index contributed by atoms with van der Waals surface area (Å²) < 4.78 is 7.44. The zero-order valence-electron chi connectivity index (χ0n) is 24.8. The van der Waals surface area contributed by atoms with Gasteiger partial charge in [-0.2, -0.15) is 4.99 Å². The molecule has 9 heteroatoms. The number of likely N-dealkylation sites (tertiary alicyclic amines) is 1. The number of nitrogens with one attached hydrogen (secondary N) is 1. The number of hydrogen-bond acceptors (Lipinski definition) is 5. The Hall–Kier alpha value is -3.72. The third kappa shape index (κ3) is 5.54. The molecular formula is C33H42N6O3. The van der Waals surface area contributed by atoms with E-state index in [4.69, 9.17) is 15.5 Å². The molecule has 0 spiro atoms. The SMILES string of the molecule is CC(C)COC(=O)/N=C(\N)c1ccc(CC2NCCn3c2nc2cc(C4(C(=O)N5CCCC5)CCCC4)ccc23)cc1. The minimum absolute atomic E-state index is 0.0594. The summed E-state index contributed by atoms with van der Waals surface area (Å²) in [6, 6.07) is 14.4. The molecule has 0 bridgehead atoms. The Morgan fingerprint density at radius 1 is 1.07 bits per heavy atom. The predicted molar refractivity (Wildman–Crippen MR) is 163 cm³/mol. The summed E-state index contributed by atoms with van der Waals surface area (Å²) in [5, 5.41) is 3.65. The molecule has 42 heavy (non-hydrogen) atoms. The van der Waals surface area contributed by atoms with Crippen molar-refractivity contribution in [1.82, 2.24) is 19.8 Å². The predicted octanol–water partition coefficient (Wildman–Crippen LogP) is 4.86. The van der Waals surface area contributed by atoms with Gasteiger partial charge in [-0.3, -0.25) is 4.79 Å². The molecule has 6 rings (SSSR count). The Kier molecular flexibility index (Phi) is 8.03. The number of hydrogen-bond donors (Lipinski definition) is 2. The molecular weight excluding hydrogens is 528 g/mol. The molecule has 2 fully saturated rings. The van der Waals surface area contributed by atoms with E-state index in [1.807, 2.05) is 38.1 Å². The monoisotopic (exact) mass is 570 g/mol. The zero-order chi connectivity index (χ0) is 29.3. The second-order valence-electron chi connectivity index (χ2n) is 12.5. The highest BCUT2D eigenvalue weighted by molar-refractivity contribution is 6.02. The molecule has 9 nitrogen and oxygen atoms in total. The molecule has 3 N–H and O–H groups in total. The zero-order valence-corrected chi connectivity index (χ0v) is 24.8. The number of benzene rings is 2. The van der Waals surface area contributed by atoms with Crippen molar-refractivity contribution in [3.8, 4) is 0 Å². The van der Waals surface area contributed by atoms with Crippen LogP contribution in [0.4, 0.5) is 4.79 Å². The van der Waals surface area contributed by atoms with E-state index in [9.17, 15) is 9.59 Å². The third-order valence-electron chi connectivity index (χ3n) is 9.07. The number of carbonyl (C=O) groups excluding carboxylic acids is 2. The van der Waals surface area contributed by atoms with E-state index in [1.54, 1.807) is 0 Å². The van der Waals surface area contributed by atoms with Crippen molar-refractivity contribution in [2.75, 3.05) is 26.2 Å². The normalized spacial score (nSPS) is 20.3. The maximum Gasteiger partial charge on any atom is 0.435 e. The van der Waals surface area contributed by atoms with Crippen molar-refractivity contribution in [3.63, 3.8) is 0 Å². The fourth-order valence-electron chi connectivity index (χ4n) is 6.86.